The van der Waals surface area contributed by atoms with Crippen LogP contribution in [0.4, 0.5) is 10.2 Å². The van der Waals surface area contributed by atoms with E-state index in [2.05, 4.69) is 4.98 Å². The van der Waals surface area contributed by atoms with Gasteiger partial charge >= 0.3 is 5.97 Å². The lowest BCUT2D eigenvalue weighted by Crippen LogP contribution is -2.29. The van der Waals surface area contributed by atoms with Crippen LogP contribution < -0.4 is 9.64 Å². The van der Waals surface area contributed by atoms with Gasteiger partial charge in [-0.05, 0) is 55.2 Å². The lowest BCUT2D eigenvalue weighted by atomic mass is 9.86. The number of carbonyl (C=O) groups excluding carboxylic acids is 1. The Morgan fingerprint density at radius 3 is 2.59 bits per heavy atom. The Hall–Kier alpha value is -3.16. The number of pyridine rings is 1. The van der Waals surface area contributed by atoms with Crippen molar-refractivity contribution in [3.05, 3.63) is 75.7 Å². The van der Waals surface area contributed by atoms with Crippen molar-refractivity contribution in [2.75, 3.05) is 18.6 Å². The maximum atomic E-state index is 14.4. The molecule has 176 valence electrons. The molecule has 2 aromatic carbocycles. The van der Waals surface area contributed by atoms with Gasteiger partial charge in [0.05, 0.1) is 22.8 Å². The first-order chi connectivity index (χ1) is 16.3. The molecule has 3 aromatic rings. The van der Waals surface area contributed by atoms with Crippen molar-refractivity contribution >= 4 is 40.9 Å². The third-order valence-corrected chi connectivity index (χ3v) is 6.50. The number of amides is 1. The third kappa shape index (κ3) is 4.86. The Balaban J connectivity index is 1.74. The molecular formula is C25H21Cl2FN2O4. The van der Waals surface area contributed by atoms with Crippen molar-refractivity contribution in [3.63, 3.8) is 0 Å². The minimum absolute atomic E-state index is 0.0114. The molecule has 0 spiro atoms. The van der Waals surface area contributed by atoms with Crippen LogP contribution in [0.25, 0.3) is 11.1 Å². The van der Waals surface area contributed by atoms with Gasteiger partial charge in [0, 0.05) is 29.4 Å². The molecule has 0 aliphatic heterocycles. The van der Waals surface area contributed by atoms with Gasteiger partial charge in [-0.15, -0.1) is 0 Å². The van der Waals surface area contributed by atoms with Crippen LogP contribution >= 0.6 is 23.2 Å². The summed E-state index contributed by atoms with van der Waals surface area (Å²) < 4.78 is 20.4. The van der Waals surface area contributed by atoms with Gasteiger partial charge in [0.2, 0.25) is 0 Å². The highest BCUT2D eigenvalue weighted by Crippen LogP contribution is 2.37. The van der Waals surface area contributed by atoms with E-state index in [9.17, 15) is 19.1 Å². The Morgan fingerprint density at radius 2 is 1.94 bits per heavy atom. The number of carboxylic acids is 1. The Morgan fingerprint density at radius 1 is 1.18 bits per heavy atom. The molecule has 1 aliphatic carbocycles. The summed E-state index contributed by atoms with van der Waals surface area (Å²) in [4.78, 5) is 30.1. The zero-order chi connectivity index (χ0) is 24.4. The Labute approximate surface area is 205 Å². The number of carboxylic acid groups (broad SMARTS) is 1. The maximum Gasteiger partial charge on any atom is 0.335 e. The van der Waals surface area contributed by atoms with Gasteiger partial charge < -0.3 is 9.84 Å². The van der Waals surface area contributed by atoms with E-state index in [-0.39, 0.29) is 22.0 Å². The number of aromatic carboxylic acids is 1. The topological polar surface area (TPSA) is 79.7 Å². The van der Waals surface area contributed by atoms with Crippen molar-refractivity contribution in [2.45, 2.75) is 19.3 Å². The molecule has 0 bridgehead atoms. The highest BCUT2D eigenvalue weighted by Gasteiger charge is 2.26. The molecule has 0 saturated heterocycles. The molecule has 1 aliphatic rings. The number of halogens is 3. The average molecular weight is 503 g/mol. The second kappa shape index (κ2) is 9.99. The molecule has 1 fully saturated rings. The number of nitrogens with zero attached hydrogens (tertiary/aromatic N) is 2. The zero-order valence-corrected chi connectivity index (χ0v) is 19.7. The average Bonchev–Trinajstić information content (AvgIpc) is 2.77. The van der Waals surface area contributed by atoms with Gasteiger partial charge in [-0.1, -0.05) is 35.7 Å². The molecule has 0 atom stereocenters. The predicted octanol–water partition coefficient (Wildman–Crippen LogP) is 6.35. The first kappa shape index (κ1) is 24.0. The van der Waals surface area contributed by atoms with Gasteiger partial charge in [-0.25, -0.2) is 14.2 Å². The van der Waals surface area contributed by atoms with Crippen molar-refractivity contribution < 1.29 is 23.8 Å². The molecule has 1 heterocycles. The number of anilines is 1. The molecule has 0 radical (unpaired) electrons. The van der Waals surface area contributed by atoms with Crippen LogP contribution in [0.15, 0.2) is 48.7 Å². The zero-order valence-electron chi connectivity index (χ0n) is 18.2. The summed E-state index contributed by atoms with van der Waals surface area (Å²) in [5.41, 5.74) is 0.784. The van der Waals surface area contributed by atoms with E-state index in [4.69, 9.17) is 27.9 Å². The first-order valence-electron chi connectivity index (χ1n) is 10.6. The normalized spacial score (nSPS) is 13.3. The van der Waals surface area contributed by atoms with Crippen molar-refractivity contribution in [3.8, 4) is 16.9 Å². The number of benzene rings is 2. The van der Waals surface area contributed by atoms with E-state index >= 15 is 0 Å². The predicted molar refractivity (Wildman–Crippen MR) is 129 cm³/mol. The molecule has 6 nitrogen and oxygen atoms in total. The highest BCUT2D eigenvalue weighted by molar-refractivity contribution is 6.34. The molecule has 4 rings (SSSR count). The van der Waals surface area contributed by atoms with Crippen LogP contribution in [0.1, 0.15) is 40.0 Å². The Kier molecular flexibility index (Phi) is 7.05. The SMILES string of the molecule is CN(C(=O)c1c(F)cccc1Cl)c1ncc(-c2cc(C(=O)O)ccc2Cl)cc1OCC1CCC1. The summed E-state index contributed by atoms with van der Waals surface area (Å²) in [6.07, 6.45) is 4.70. The van der Waals surface area contributed by atoms with Gasteiger partial charge in [0.15, 0.2) is 11.6 Å². The molecule has 34 heavy (non-hydrogen) atoms. The molecule has 1 aromatic heterocycles. The summed E-state index contributed by atoms with van der Waals surface area (Å²) >= 11 is 12.4. The number of carbonyl (C=O) groups is 2. The summed E-state index contributed by atoms with van der Waals surface area (Å²) in [6, 6.07) is 10.0. The van der Waals surface area contributed by atoms with Gasteiger partial charge in [-0.2, -0.15) is 0 Å². The number of rotatable bonds is 7. The van der Waals surface area contributed by atoms with E-state index in [0.717, 1.165) is 25.3 Å². The van der Waals surface area contributed by atoms with Crippen LogP contribution in [0, 0.1) is 11.7 Å². The largest absolute Gasteiger partial charge is 0.489 e. The van der Waals surface area contributed by atoms with Crippen molar-refractivity contribution in [2.24, 2.45) is 5.92 Å². The summed E-state index contributed by atoms with van der Waals surface area (Å²) in [7, 11) is 1.46. The van der Waals surface area contributed by atoms with Crippen LogP contribution in [0.2, 0.25) is 10.0 Å². The van der Waals surface area contributed by atoms with Crippen LogP contribution in [-0.2, 0) is 0 Å². The number of ether oxygens (including phenoxy) is 1. The first-order valence-corrected chi connectivity index (χ1v) is 11.4. The van der Waals surface area contributed by atoms with Crippen LogP contribution in [0.3, 0.4) is 0 Å². The minimum Gasteiger partial charge on any atom is -0.489 e. The smallest absolute Gasteiger partial charge is 0.335 e. The number of hydrogen-bond donors (Lipinski definition) is 1. The standard InChI is InChI=1S/C25H21Cl2FN2O4/c1-30(24(31)22-19(27)6-3-7-20(22)28)23-21(34-13-14-4-2-5-14)11-16(12-29-23)17-10-15(25(32)33)8-9-18(17)26/h3,6-12,14H,2,4-5,13H2,1H3,(H,32,33). The monoisotopic (exact) mass is 502 g/mol. The van der Waals surface area contributed by atoms with Crippen LogP contribution in [0.5, 0.6) is 5.75 Å². The van der Waals surface area contributed by atoms with Gasteiger partial charge in [-0.3, -0.25) is 9.69 Å². The second-order valence-electron chi connectivity index (χ2n) is 8.11. The molecular weight excluding hydrogens is 482 g/mol. The fourth-order valence-corrected chi connectivity index (χ4v) is 4.13. The molecule has 0 unspecified atom stereocenters. The van der Waals surface area contributed by atoms with Crippen molar-refractivity contribution in [1.29, 1.82) is 0 Å². The quantitative estimate of drug-likeness (QED) is 0.407. The van der Waals surface area contributed by atoms with Crippen LogP contribution in [-0.4, -0.2) is 35.6 Å². The van der Waals surface area contributed by atoms with E-state index in [0.29, 0.717) is 34.4 Å². The number of hydrogen-bond acceptors (Lipinski definition) is 4. The van der Waals surface area contributed by atoms with Crippen molar-refractivity contribution in [1.82, 2.24) is 4.98 Å². The molecule has 1 N–H and O–H groups in total. The fourth-order valence-electron chi connectivity index (χ4n) is 3.66. The fraction of sp³-hybridized carbons (Fsp3) is 0.240. The highest BCUT2D eigenvalue weighted by atomic mass is 35.5. The van der Waals surface area contributed by atoms with E-state index in [1.165, 1.54) is 48.5 Å². The van der Waals surface area contributed by atoms with E-state index < -0.39 is 17.7 Å². The Bertz CT molecular complexity index is 1240. The molecule has 9 heteroatoms. The van der Waals surface area contributed by atoms with Gasteiger partial charge in [0.25, 0.3) is 5.91 Å². The van der Waals surface area contributed by atoms with E-state index in [1.54, 1.807) is 6.07 Å². The summed E-state index contributed by atoms with van der Waals surface area (Å²) in [6.45, 7) is 0.434. The number of aromatic nitrogens is 1. The molecule has 1 amide bonds. The third-order valence-electron chi connectivity index (χ3n) is 5.86. The molecule has 1 saturated carbocycles. The van der Waals surface area contributed by atoms with Gasteiger partial charge in [0.1, 0.15) is 5.82 Å². The lowest BCUT2D eigenvalue weighted by Gasteiger charge is -2.27. The minimum atomic E-state index is -1.09. The van der Waals surface area contributed by atoms with E-state index in [1.807, 2.05) is 0 Å². The maximum absolute atomic E-state index is 14.4. The lowest BCUT2D eigenvalue weighted by molar-refractivity contribution is 0.0696. The summed E-state index contributed by atoms with van der Waals surface area (Å²) in [5, 5.41) is 9.67. The second-order valence-corrected chi connectivity index (χ2v) is 8.93. The summed E-state index contributed by atoms with van der Waals surface area (Å²) in [5.74, 6) is -1.63.